The summed E-state index contributed by atoms with van der Waals surface area (Å²) >= 11 is 0. The second-order valence-corrected chi connectivity index (χ2v) is 5.00. The maximum atomic E-state index is 11.8. The Bertz CT molecular complexity index is 456. The van der Waals surface area contributed by atoms with Crippen molar-refractivity contribution in [3.63, 3.8) is 0 Å². The monoisotopic (exact) mass is 261 g/mol. The van der Waals surface area contributed by atoms with Crippen LogP contribution in [0.25, 0.3) is 0 Å². The molecule has 1 aromatic heterocycles. The third kappa shape index (κ3) is 2.92. The number of piperidine rings is 1. The Morgan fingerprint density at radius 3 is 2.79 bits per heavy atom. The number of rotatable bonds is 3. The van der Waals surface area contributed by atoms with E-state index < -0.39 is 0 Å². The molecule has 102 valence electrons. The lowest BCUT2D eigenvalue weighted by molar-refractivity contribution is -0.109. The molecular weight excluding hydrogens is 242 g/mol. The van der Waals surface area contributed by atoms with Crippen molar-refractivity contribution >= 4 is 18.0 Å². The highest BCUT2D eigenvalue weighted by molar-refractivity contribution is 5.93. The SMILES string of the molecule is CN(C)C(=O)c1ccc(N2CCCCC2C=O)nc1. The minimum absolute atomic E-state index is 0.0652. The van der Waals surface area contributed by atoms with Crippen molar-refractivity contribution in [1.29, 1.82) is 0 Å². The quantitative estimate of drug-likeness (QED) is 0.771. The Balaban J connectivity index is 2.17. The highest BCUT2D eigenvalue weighted by atomic mass is 16.2. The van der Waals surface area contributed by atoms with E-state index in [9.17, 15) is 9.59 Å². The van der Waals surface area contributed by atoms with Crippen LogP contribution in [0.3, 0.4) is 0 Å². The molecule has 0 bridgehead atoms. The lowest BCUT2D eigenvalue weighted by Crippen LogP contribution is -2.41. The molecule has 5 nitrogen and oxygen atoms in total. The van der Waals surface area contributed by atoms with Gasteiger partial charge in [-0.05, 0) is 31.4 Å². The average Bonchev–Trinajstić information content (AvgIpc) is 2.46. The summed E-state index contributed by atoms with van der Waals surface area (Å²) in [5, 5.41) is 0. The van der Waals surface area contributed by atoms with E-state index in [1.165, 1.54) is 4.90 Å². The predicted octanol–water partition coefficient (Wildman–Crippen LogP) is 1.34. The van der Waals surface area contributed by atoms with Crippen molar-refractivity contribution in [2.24, 2.45) is 0 Å². The lowest BCUT2D eigenvalue weighted by atomic mass is 10.0. The maximum Gasteiger partial charge on any atom is 0.254 e. The zero-order chi connectivity index (χ0) is 13.8. The zero-order valence-corrected chi connectivity index (χ0v) is 11.4. The molecule has 2 rings (SSSR count). The number of hydrogen-bond acceptors (Lipinski definition) is 4. The largest absolute Gasteiger partial charge is 0.347 e. The number of hydrogen-bond donors (Lipinski definition) is 0. The van der Waals surface area contributed by atoms with Crippen LogP contribution in [-0.2, 0) is 4.79 Å². The van der Waals surface area contributed by atoms with E-state index in [0.29, 0.717) is 5.56 Å². The molecule has 0 aliphatic carbocycles. The topological polar surface area (TPSA) is 53.5 Å². The third-order valence-corrected chi connectivity index (χ3v) is 3.40. The first-order valence-electron chi connectivity index (χ1n) is 6.53. The Labute approximate surface area is 113 Å². The first-order valence-corrected chi connectivity index (χ1v) is 6.53. The van der Waals surface area contributed by atoms with Crippen LogP contribution in [-0.4, -0.2) is 48.8 Å². The van der Waals surface area contributed by atoms with Crippen LogP contribution in [0.1, 0.15) is 29.6 Å². The summed E-state index contributed by atoms with van der Waals surface area (Å²) in [6.07, 6.45) is 5.60. The fourth-order valence-electron chi connectivity index (χ4n) is 2.32. The molecule has 0 saturated carbocycles. The third-order valence-electron chi connectivity index (χ3n) is 3.40. The molecule has 1 saturated heterocycles. The van der Waals surface area contributed by atoms with Gasteiger partial charge in [0.15, 0.2) is 0 Å². The van der Waals surface area contributed by atoms with E-state index in [-0.39, 0.29) is 11.9 Å². The summed E-state index contributed by atoms with van der Waals surface area (Å²) in [5.74, 6) is 0.705. The number of carbonyl (C=O) groups excluding carboxylic acids is 2. The van der Waals surface area contributed by atoms with Crippen LogP contribution < -0.4 is 4.90 Å². The number of amides is 1. The molecule has 1 aromatic rings. The van der Waals surface area contributed by atoms with Crippen LogP contribution >= 0.6 is 0 Å². The Kier molecular flexibility index (Phi) is 4.14. The molecule has 0 aromatic carbocycles. The van der Waals surface area contributed by atoms with Crippen LogP contribution in [0.2, 0.25) is 0 Å². The molecule has 1 fully saturated rings. The molecule has 2 heterocycles. The van der Waals surface area contributed by atoms with Gasteiger partial charge in [0.2, 0.25) is 0 Å². The summed E-state index contributed by atoms with van der Waals surface area (Å²) in [7, 11) is 3.42. The standard InChI is InChI=1S/C14H19N3O2/c1-16(2)14(19)11-6-7-13(15-9-11)17-8-4-3-5-12(17)10-18/h6-7,9-10,12H,3-5,8H2,1-2H3. The summed E-state index contributed by atoms with van der Waals surface area (Å²) in [4.78, 5) is 30.7. The van der Waals surface area contributed by atoms with E-state index in [4.69, 9.17) is 0 Å². The van der Waals surface area contributed by atoms with Gasteiger partial charge < -0.3 is 14.6 Å². The molecule has 0 radical (unpaired) electrons. The Hall–Kier alpha value is -1.91. The van der Waals surface area contributed by atoms with Gasteiger partial charge in [-0.2, -0.15) is 0 Å². The summed E-state index contributed by atoms with van der Waals surface area (Å²) < 4.78 is 0. The van der Waals surface area contributed by atoms with Crippen molar-refractivity contribution in [3.8, 4) is 0 Å². The molecule has 1 unspecified atom stereocenters. The van der Waals surface area contributed by atoms with Gasteiger partial charge >= 0.3 is 0 Å². The summed E-state index contributed by atoms with van der Waals surface area (Å²) in [6, 6.07) is 3.50. The van der Waals surface area contributed by atoms with Gasteiger partial charge in [-0.15, -0.1) is 0 Å². The molecular formula is C14H19N3O2. The van der Waals surface area contributed by atoms with Gasteiger partial charge in [-0.3, -0.25) is 4.79 Å². The van der Waals surface area contributed by atoms with Crippen LogP contribution in [0.15, 0.2) is 18.3 Å². The van der Waals surface area contributed by atoms with Gasteiger partial charge in [0.1, 0.15) is 12.1 Å². The zero-order valence-electron chi connectivity index (χ0n) is 11.4. The second-order valence-electron chi connectivity index (χ2n) is 5.00. The number of anilines is 1. The fourth-order valence-corrected chi connectivity index (χ4v) is 2.32. The summed E-state index contributed by atoms with van der Waals surface area (Å²) in [6.45, 7) is 0.845. The highest BCUT2D eigenvalue weighted by Gasteiger charge is 2.23. The normalized spacial score (nSPS) is 19.1. The fraction of sp³-hybridized carbons (Fsp3) is 0.500. The molecule has 19 heavy (non-hydrogen) atoms. The van der Waals surface area contributed by atoms with E-state index in [2.05, 4.69) is 4.98 Å². The van der Waals surface area contributed by atoms with E-state index in [0.717, 1.165) is 37.9 Å². The van der Waals surface area contributed by atoms with E-state index in [1.807, 2.05) is 11.0 Å². The van der Waals surface area contributed by atoms with Crippen molar-refractivity contribution in [1.82, 2.24) is 9.88 Å². The van der Waals surface area contributed by atoms with Crippen molar-refractivity contribution in [3.05, 3.63) is 23.9 Å². The second kappa shape index (κ2) is 5.82. The summed E-state index contributed by atoms with van der Waals surface area (Å²) in [5.41, 5.74) is 0.563. The number of aldehydes is 1. The van der Waals surface area contributed by atoms with Gasteiger partial charge in [0.05, 0.1) is 11.6 Å². The number of aromatic nitrogens is 1. The minimum Gasteiger partial charge on any atom is -0.347 e. The number of carbonyl (C=O) groups is 2. The first-order chi connectivity index (χ1) is 9.13. The van der Waals surface area contributed by atoms with Crippen LogP contribution in [0, 0.1) is 0 Å². The smallest absolute Gasteiger partial charge is 0.254 e. The molecule has 5 heteroatoms. The van der Waals surface area contributed by atoms with Crippen molar-refractivity contribution in [2.45, 2.75) is 25.3 Å². The average molecular weight is 261 g/mol. The molecule has 0 spiro atoms. The van der Waals surface area contributed by atoms with E-state index in [1.54, 1.807) is 26.4 Å². The highest BCUT2D eigenvalue weighted by Crippen LogP contribution is 2.22. The molecule has 1 atom stereocenters. The van der Waals surface area contributed by atoms with Crippen LogP contribution in [0.4, 0.5) is 5.82 Å². The molecule has 0 N–H and O–H groups in total. The Morgan fingerprint density at radius 2 is 2.21 bits per heavy atom. The van der Waals surface area contributed by atoms with E-state index >= 15 is 0 Å². The maximum absolute atomic E-state index is 11.8. The van der Waals surface area contributed by atoms with Crippen LogP contribution in [0.5, 0.6) is 0 Å². The van der Waals surface area contributed by atoms with Crippen molar-refractivity contribution < 1.29 is 9.59 Å². The van der Waals surface area contributed by atoms with Gasteiger partial charge in [-0.1, -0.05) is 0 Å². The predicted molar refractivity (Wildman–Crippen MR) is 73.3 cm³/mol. The molecule has 1 aliphatic heterocycles. The van der Waals surface area contributed by atoms with Gasteiger partial charge in [0.25, 0.3) is 5.91 Å². The van der Waals surface area contributed by atoms with Gasteiger partial charge in [-0.25, -0.2) is 4.98 Å². The van der Waals surface area contributed by atoms with Gasteiger partial charge in [0, 0.05) is 26.8 Å². The molecule has 1 aliphatic rings. The first kappa shape index (κ1) is 13.5. The number of nitrogens with zero attached hydrogens (tertiary/aromatic N) is 3. The minimum atomic E-state index is -0.0864. The lowest BCUT2D eigenvalue weighted by Gasteiger charge is -2.33. The number of pyridine rings is 1. The molecule has 1 amide bonds. The van der Waals surface area contributed by atoms with Crippen molar-refractivity contribution in [2.75, 3.05) is 25.5 Å². The Morgan fingerprint density at radius 1 is 1.42 bits per heavy atom.